The Morgan fingerprint density at radius 3 is 1.73 bits per heavy atom. The van der Waals surface area contributed by atoms with Crippen LogP contribution in [0.5, 0.6) is 0 Å². The molecule has 0 aliphatic rings. The van der Waals surface area contributed by atoms with E-state index in [9.17, 15) is 0 Å². The molecule has 0 amide bonds. The van der Waals surface area contributed by atoms with Gasteiger partial charge in [0.2, 0.25) is 8.32 Å². The third-order valence-electron chi connectivity index (χ3n) is 0.998. The van der Waals surface area contributed by atoms with E-state index in [0.717, 1.165) is 0 Å². The van der Waals surface area contributed by atoms with Crippen LogP contribution >= 0.6 is 0 Å². The van der Waals surface area contributed by atoms with Gasteiger partial charge in [-0.15, -0.1) is 6.58 Å². The van der Waals surface area contributed by atoms with Gasteiger partial charge in [-0.2, -0.15) is 0 Å². The van der Waals surface area contributed by atoms with E-state index in [1.54, 1.807) is 0 Å². The Hall–Kier alpha value is 0.0938. The minimum Gasteiger partial charge on any atom is -0.298 e. The minimum atomic E-state index is -1.71. The average molecular weight is 190 g/mol. The van der Waals surface area contributed by atoms with E-state index < -0.39 is 16.6 Å². The standard InChI is InChI=1S/C7H18O2Si2/c1-7-11(5,6)9-8-10(2,3)4/h7H,1H2,2-6H3. The first kappa shape index (κ1) is 11.1. The molecule has 0 aromatic heterocycles. The Balaban J connectivity index is 3.79. The minimum absolute atomic E-state index is 1.52. The summed E-state index contributed by atoms with van der Waals surface area (Å²) in [7, 11) is -3.23. The van der Waals surface area contributed by atoms with Gasteiger partial charge in [-0.1, -0.05) is 5.70 Å². The van der Waals surface area contributed by atoms with Crippen LogP contribution in [0.15, 0.2) is 12.3 Å². The molecule has 0 spiro atoms. The molecule has 66 valence electrons. The first-order valence-electron chi connectivity index (χ1n) is 3.77. The summed E-state index contributed by atoms with van der Waals surface area (Å²) < 4.78 is 10.6. The highest BCUT2D eigenvalue weighted by atomic mass is 28.4. The lowest BCUT2D eigenvalue weighted by molar-refractivity contribution is -0.121. The van der Waals surface area contributed by atoms with E-state index in [2.05, 4.69) is 39.3 Å². The number of hydrogen-bond acceptors (Lipinski definition) is 2. The summed E-state index contributed by atoms with van der Waals surface area (Å²) in [5.41, 5.74) is 1.87. The third-order valence-corrected chi connectivity index (χ3v) is 3.24. The third kappa shape index (κ3) is 6.49. The zero-order valence-corrected chi connectivity index (χ0v) is 10.1. The second kappa shape index (κ2) is 3.66. The molecule has 0 aromatic carbocycles. The molecule has 0 aromatic rings. The molecule has 0 fully saturated rings. The van der Waals surface area contributed by atoms with Gasteiger partial charge in [-0.25, -0.2) is 0 Å². The van der Waals surface area contributed by atoms with Crippen LogP contribution < -0.4 is 0 Å². The van der Waals surface area contributed by atoms with E-state index in [-0.39, 0.29) is 0 Å². The first-order chi connectivity index (χ1) is 4.77. The molecule has 4 heteroatoms. The maximum atomic E-state index is 5.33. The molecule has 0 atom stereocenters. The smallest absolute Gasteiger partial charge is 0.254 e. The van der Waals surface area contributed by atoms with Gasteiger partial charge in [-0.3, -0.25) is 9.15 Å². The molecule has 0 saturated heterocycles. The van der Waals surface area contributed by atoms with Crippen molar-refractivity contribution in [2.45, 2.75) is 32.7 Å². The fourth-order valence-corrected chi connectivity index (χ4v) is 2.19. The highest BCUT2D eigenvalue weighted by molar-refractivity contribution is 6.76. The van der Waals surface area contributed by atoms with Crippen LogP contribution in [0, 0.1) is 0 Å². The van der Waals surface area contributed by atoms with E-state index in [0.29, 0.717) is 0 Å². The van der Waals surface area contributed by atoms with E-state index in [1.165, 1.54) is 0 Å². The molecule has 0 aliphatic carbocycles. The van der Waals surface area contributed by atoms with Crippen molar-refractivity contribution in [3.63, 3.8) is 0 Å². The first-order valence-corrected chi connectivity index (χ1v) is 10.2. The van der Waals surface area contributed by atoms with Crippen LogP contribution in [0.4, 0.5) is 0 Å². The molecule has 0 rings (SSSR count). The Labute approximate surface area is 71.4 Å². The maximum Gasteiger partial charge on any atom is 0.254 e. The van der Waals surface area contributed by atoms with Crippen molar-refractivity contribution in [1.29, 1.82) is 0 Å². The predicted molar refractivity (Wildman–Crippen MR) is 53.2 cm³/mol. The van der Waals surface area contributed by atoms with Crippen LogP contribution in [-0.4, -0.2) is 16.6 Å². The van der Waals surface area contributed by atoms with Gasteiger partial charge in [0.05, 0.1) is 0 Å². The van der Waals surface area contributed by atoms with Crippen molar-refractivity contribution in [2.75, 3.05) is 0 Å². The van der Waals surface area contributed by atoms with Crippen molar-refractivity contribution in [1.82, 2.24) is 0 Å². The molecule has 0 radical (unpaired) electrons. The molecule has 0 heterocycles. The Morgan fingerprint density at radius 2 is 1.45 bits per heavy atom. The van der Waals surface area contributed by atoms with E-state index in [1.807, 2.05) is 5.70 Å². The van der Waals surface area contributed by atoms with Crippen molar-refractivity contribution >= 4 is 16.6 Å². The quantitative estimate of drug-likeness (QED) is 0.385. The lowest BCUT2D eigenvalue weighted by Crippen LogP contribution is -2.35. The van der Waals surface area contributed by atoms with Gasteiger partial charge in [-0.05, 0) is 32.7 Å². The number of rotatable bonds is 4. The molecule has 2 nitrogen and oxygen atoms in total. The summed E-state index contributed by atoms with van der Waals surface area (Å²) in [6, 6.07) is 0. The second-order valence-corrected chi connectivity index (χ2v) is 12.3. The lowest BCUT2D eigenvalue weighted by Gasteiger charge is -2.23. The molecule has 0 bridgehead atoms. The van der Waals surface area contributed by atoms with Crippen molar-refractivity contribution in [3.05, 3.63) is 12.3 Å². The Morgan fingerprint density at radius 1 is 1.00 bits per heavy atom. The summed E-state index contributed by atoms with van der Waals surface area (Å²) in [5.74, 6) is 0. The molecule has 0 aliphatic heterocycles. The lowest BCUT2D eigenvalue weighted by atomic mass is 11.3. The van der Waals surface area contributed by atoms with Crippen LogP contribution in [0.1, 0.15) is 0 Å². The Bertz CT molecular complexity index is 138. The fourth-order valence-electron chi connectivity index (χ4n) is 0.266. The summed E-state index contributed by atoms with van der Waals surface area (Å²) in [5, 5.41) is 0. The van der Waals surface area contributed by atoms with Gasteiger partial charge in [0.25, 0.3) is 8.32 Å². The van der Waals surface area contributed by atoms with Gasteiger partial charge < -0.3 is 0 Å². The normalized spacial score (nSPS) is 13.2. The topological polar surface area (TPSA) is 18.5 Å². The average Bonchev–Trinajstić information content (AvgIpc) is 1.83. The summed E-state index contributed by atoms with van der Waals surface area (Å²) in [6.45, 7) is 14.1. The summed E-state index contributed by atoms with van der Waals surface area (Å²) in [4.78, 5) is 0. The fraction of sp³-hybridized carbons (Fsp3) is 0.714. The Kier molecular flexibility index (Phi) is 3.70. The zero-order chi connectivity index (χ0) is 9.12. The molecule has 0 unspecified atom stereocenters. The van der Waals surface area contributed by atoms with Gasteiger partial charge in [0, 0.05) is 0 Å². The SMILES string of the molecule is C=C[Si](C)(C)OO[Si](C)(C)C. The zero-order valence-electron chi connectivity index (χ0n) is 8.10. The van der Waals surface area contributed by atoms with Gasteiger partial charge >= 0.3 is 0 Å². The van der Waals surface area contributed by atoms with Crippen LogP contribution in [-0.2, 0) is 9.15 Å². The molecular formula is C7H18O2Si2. The van der Waals surface area contributed by atoms with Crippen LogP contribution in [0.2, 0.25) is 32.7 Å². The highest BCUT2D eigenvalue weighted by Crippen LogP contribution is 2.11. The second-order valence-electron chi connectivity index (χ2n) is 4.09. The summed E-state index contributed by atoms with van der Waals surface area (Å²) in [6.07, 6.45) is 0. The predicted octanol–water partition coefficient (Wildman–Crippen LogP) is 2.70. The molecule has 11 heavy (non-hydrogen) atoms. The van der Waals surface area contributed by atoms with Gasteiger partial charge in [0.1, 0.15) is 0 Å². The van der Waals surface area contributed by atoms with Gasteiger partial charge in [0.15, 0.2) is 0 Å². The monoisotopic (exact) mass is 190 g/mol. The summed E-state index contributed by atoms with van der Waals surface area (Å²) >= 11 is 0. The molecular weight excluding hydrogens is 172 g/mol. The number of hydrogen-bond donors (Lipinski definition) is 0. The van der Waals surface area contributed by atoms with Crippen LogP contribution in [0.25, 0.3) is 0 Å². The maximum absolute atomic E-state index is 5.33. The van der Waals surface area contributed by atoms with Crippen molar-refractivity contribution < 1.29 is 9.15 Å². The van der Waals surface area contributed by atoms with Crippen molar-refractivity contribution in [3.8, 4) is 0 Å². The largest absolute Gasteiger partial charge is 0.298 e. The molecule has 0 N–H and O–H groups in total. The van der Waals surface area contributed by atoms with E-state index in [4.69, 9.17) is 9.15 Å². The molecule has 0 saturated carbocycles. The van der Waals surface area contributed by atoms with E-state index >= 15 is 0 Å². The van der Waals surface area contributed by atoms with Crippen LogP contribution in [0.3, 0.4) is 0 Å². The van der Waals surface area contributed by atoms with Crippen molar-refractivity contribution in [2.24, 2.45) is 0 Å². The highest BCUT2D eigenvalue weighted by Gasteiger charge is 2.24.